The fraction of sp³-hybridized carbons (Fsp3) is 0.214. The van der Waals surface area contributed by atoms with Crippen LogP contribution in [-0.2, 0) is 0 Å². The first-order valence-corrected chi connectivity index (χ1v) is 5.37. The van der Waals surface area contributed by atoms with Crippen molar-refractivity contribution in [3.8, 4) is 0 Å². The lowest BCUT2D eigenvalue weighted by molar-refractivity contribution is 0.103. The van der Waals surface area contributed by atoms with Crippen LogP contribution in [0.2, 0.25) is 0 Å². The van der Waals surface area contributed by atoms with Crippen molar-refractivity contribution in [2.75, 3.05) is 0 Å². The third-order valence-electron chi connectivity index (χ3n) is 2.72. The molecular weight excluding hydrogens is 219 g/mol. The molecule has 0 unspecified atom stereocenters. The highest BCUT2D eigenvalue weighted by atomic mass is 19.1. The van der Waals surface area contributed by atoms with Crippen LogP contribution in [-0.4, -0.2) is 5.78 Å². The summed E-state index contributed by atoms with van der Waals surface area (Å²) >= 11 is 0. The number of furan rings is 1. The van der Waals surface area contributed by atoms with E-state index in [-0.39, 0.29) is 11.6 Å². The number of hydrogen-bond acceptors (Lipinski definition) is 2. The molecule has 88 valence electrons. The quantitative estimate of drug-likeness (QED) is 0.741. The summed E-state index contributed by atoms with van der Waals surface area (Å²) in [5, 5.41) is 0. The Balaban J connectivity index is 2.47. The molecule has 0 saturated carbocycles. The van der Waals surface area contributed by atoms with E-state index in [1.54, 1.807) is 26.8 Å². The van der Waals surface area contributed by atoms with Gasteiger partial charge in [0.2, 0.25) is 0 Å². The number of rotatable bonds is 2. The molecular formula is C14H13FO2. The highest BCUT2D eigenvalue weighted by molar-refractivity contribution is 6.10. The average molecular weight is 232 g/mol. The van der Waals surface area contributed by atoms with Gasteiger partial charge in [0.05, 0.1) is 5.56 Å². The molecule has 0 aliphatic carbocycles. The Hall–Kier alpha value is -1.90. The highest BCUT2D eigenvalue weighted by Crippen LogP contribution is 2.20. The number of carbonyl (C=O) groups excluding carboxylic acids is 1. The van der Waals surface area contributed by atoms with E-state index >= 15 is 0 Å². The molecule has 0 aliphatic rings. The number of halogens is 1. The van der Waals surface area contributed by atoms with Gasteiger partial charge < -0.3 is 4.42 Å². The molecule has 0 amide bonds. The topological polar surface area (TPSA) is 30.2 Å². The lowest BCUT2D eigenvalue weighted by Gasteiger charge is -2.03. The first-order valence-electron chi connectivity index (χ1n) is 5.37. The summed E-state index contributed by atoms with van der Waals surface area (Å²) in [7, 11) is 0. The van der Waals surface area contributed by atoms with Crippen LogP contribution in [0.3, 0.4) is 0 Å². The normalized spacial score (nSPS) is 10.6. The number of aryl methyl sites for hydroxylation is 3. The standard InChI is InChI=1S/C14H13FO2/c1-8-6-11(15)4-5-12(8)14(16)13-7-9(2)17-10(13)3/h4-7H,1-3H3. The fourth-order valence-corrected chi connectivity index (χ4v) is 1.88. The van der Waals surface area contributed by atoms with E-state index in [1.165, 1.54) is 18.2 Å². The number of benzene rings is 1. The van der Waals surface area contributed by atoms with Gasteiger partial charge in [0.1, 0.15) is 17.3 Å². The van der Waals surface area contributed by atoms with Crippen LogP contribution in [0.4, 0.5) is 4.39 Å². The molecule has 2 nitrogen and oxygen atoms in total. The molecule has 2 aromatic rings. The fourth-order valence-electron chi connectivity index (χ4n) is 1.88. The summed E-state index contributed by atoms with van der Waals surface area (Å²) in [6, 6.07) is 5.87. The zero-order valence-corrected chi connectivity index (χ0v) is 10.0. The van der Waals surface area contributed by atoms with Crippen molar-refractivity contribution < 1.29 is 13.6 Å². The smallest absolute Gasteiger partial charge is 0.196 e. The van der Waals surface area contributed by atoms with Gasteiger partial charge in [-0.15, -0.1) is 0 Å². The van der Waals surface area contributed by atoms with Crippen LogP contribution in [0.5, 0.6) is 0 Å². The third kappa shape index (κ3) is 2.13. The number of hydrogen-bond donors (Lipinski definition) is 0. The van der Waals surface area contributed by atoms with Gasteiger partial charge >= 0.3 is 0 Å². The predicted molar refractivity (Wildman–Crippen MR) is 62.8 cm³/mol. The first-order chi connectivity index (χ1) is 7.99. The number of carbonyl (C=O) groups is 1. The van der Waals surface area contributed by atoms with Crippen molar-refractivity contribution in [1.82, 2.24) is 0 Å². The molecule has 1 aromatic heterocycles. The Morgan fingerprint density at radius 3 is 2.35 bits per heavy atom. The van der Waals surface area contributed by atoms with Crippen molar-refractivity contribution in [3.63, 3.8) is 0 Å². The van der Waals surface area contributed by atoms with Gasteiger partial charge in [-0.3, -0.25) is 4.79 Å². The molecule has 0 N–H and O–H groups in total. The predicted octanol–water partition coefficient (Wildman–Crippen LogP) is 3.57. The molecule has 17 heavy (non-hydrogen) atoms. The zero-order valence-electron chi connectivity index (χ0n) is 10.0. The Morgan fingerprint density at radius 2 is 1.82 bits per heavy atom. The largest absolute Gasteiger partial charge is 0.466 e. The highest BCUT2D eigenvalue weighted by Gasteiger charge is 2.17. The molecule has 0 radical (unpaired) electrons. The number of ketones is 1. The van der Waals surface area contributed by atoms with Gasteiger partial charge in [0.15, 0.2) is 5.78 Å². The van der Waals surface area contributed by atoms with E-state index in [9.17, 15) is 9.18 Å². The van der Waals surface area contributed by atoms with Crippen molar-refractivity contribution in [2.24, 2.45) is 0 Å². The molecule has 3 heteroatoms. The van der Waals surface area contributed by atoms with Crippen LogP contribution >= 0.6 is 0 Å². The molecule has 1 aromatic carbocycles. The molecule has 1 heterocycles. The minimum absolute atomic E-state index is 0.128. The zero-order chi connectivity index (χ0) is 12.6. The lowest BCUT2D eigenvalue weighted by atomic mass is 9.99. The summed E-state index contributed by atoms with van der Waals surface area (Å²) in [6.45, 7) is 5.26. The van der Waals surface area contributed by atoms with Crippen LogP contribution in [0.1, 0.15) is 33.0 Å². The Bertz CT molecular complexity index is 582. The minimum Gasteiger partial charge on any atom is -0.466 e. The Labute approximate surface area is 99.1 Å². The Kier molecular flexibility index (Phi) is 2.84. The van der Waals surface area contributed by atoms with E-state index in [1.807, 2.05) is 0 Å². The average Bonchev–Trinajstić information content (AvgIpc) is 2.57. The molecule has 0 aliphatic heterocycles. The van der Waals surface area contributed by atoms with Gasteiger partial charge in [0, 0.05) is 5.56 Å². The van der Waals surface area contributed by atoms with Crippen molar-refractivity contribution in [1.29, 1.82) is 0 Å². The molecule has 0 saturated heterocycles. The van der Waals surface area contributed by atoms with Crippen LogP contribution in [0, 0.1) is 26.6 Å². The maximum Gasteiger partial charge on any atom is 0.196 e. The van der Waals surface area contributed by atoms with Crippen molar-refractivity contribution >= 4 is 5.78 Å². The second-order valence-corrected chi connectivity index (χ2v) is 4.12. The summed E-state index contributed by atoms with van der Waals surface area (Å²) < 4.78 is 18.3. The van der Waals surface area contributed by atoms with Gasteiger partial charge in [-0.25, -0.2) is 4.39 Å². The maximum absolute atomic E-state index is 13.0. The van der Waals surface area contributed by atoms with Crippen molar-refractivity contribution in [2.45, 2.75) is 20.8 Å². The van der Waals surface area contributed by atoms with E-state index in [4.69, 9.17) is 4.42 Å². The molecule has 0 spiro atoms. The molecule has 0 atom stereocenters. The van der Waals surface area contributed by atoms with Crippen LogP contribution < -0.4 is 0 Å². The van der Waals surface area contributed by atoms with E-state index in [0.29, 0.717) is 28.2 Å². The summed E-state index contributed by atoms with van der Waals surface area (Å²) in [4.78, 5) is 12.2. The van der Waals surface area contributed by atoms with Gasteiger partial charge in [-0.05, 0) is 50.6 Å². The first kappa shape index (κ1) is 11.6. The summed E-state index contributed by atoms with van der Waals surface area (Å²) in [5.41, 5.74) is 1.68. The SMILES string of the molecule is Cc1cc(C(=O)c2ccc(F)cc2C)c(C)o1. The van der Waals surface area contributed by atoms with Crippen LogP contribution in [0.15, 0.2) is 28.7 Å². The van der Waals surface area contributed by atoms with Crippen LogP contribution in [0.25, 0.3) is 0 Å². The van der Waals surface area contributed by atoms with Crippen molar-refractivity contribution in [3.05, 3.63) is 58.3 Å². The molecule has 0 bridgehead atoms. The van der Waals surface area contributed by atoms with E-state index in [2.05, 4.69) is 0 Å². The lowest BCUT2D eigenvalue weighted by Crippen LogP contribution is -2.04. The summed E-state index contributed by atoms with van der Waals surface area (Å²) in [5.74, 6) is 0.831. The van der Waals surface area contributed by atoms with Gasteiger partial charge in [0.25, 0.3) is 0 Å². The second kappa shape index (κ2) is 4.17. The maximum atomic E-state index is 13.0. The second-order valence-electron chi connectivity index (χ2n) is 4.12. The van der Waals surface area contributed by atoms with E-state index in [0.717, 1.165) is 0 Å². The van der Waals surface area contributed by atoms with Gasteiger partial charge in [-0.1, -0.05) is 0 Å². The summed E-state index contributed by atoms with van der Waals surface area (Å²) in [6.07, 6.45) is 0. The monoisotopic (exact) mass is 232 g/mol. The third-order valence-corrected chi connectivity index (χ3v) is 2.72. The van der Waals surface area contributed by atoms with E-state index < -0.39 is 0 Å². The van der Waals surface area contributed by atoms with Gasteiger partial charge in [-0.2, -0.15) is 0 Å². The Morgan fingerprint density at radius 1 is 1.12 bits per heavy atom. The molecule has 2 rings (SSSR count). The molecule has 0 fully saturated rings. The minimum atomic E-state index is -0.334.